The maximum Gasteiger partial charge on any atom is 0.0572 e. The van der Waals surface area contributed by atoms with Gasteiger partial charge < -0.3 is 9.80 Å². The Balaban J connectivity index is 2.09. The molecule has 0 aliphatic carbocycles. The highest BCUT2D eigenvalue weighted by molar-refractivity contribution is 6.18. The van der Waals surface area contributed by atoms with Gasteiger partial charge in [-0.25, -0.2) is 0 Å². The quantitative estimate of drug-likeness (QED) is 0.601. The molecule has 2 rings (SSSR count). The van der Waals surface area contributed by atoms with E-state index in [-0.39, 0.29) is 0 Å². The Hall–Kier alpha value is -0.890. The van der Waals surface area contributed by atoms with Crippen molar-refractivity contribution in [3.05, 3.63) is 36.4 Å². The molecule has 64 valence electrons. The third-order valence-electron chi connectivity index (χ3n) is 2.00. The van der Waals surface area contributed by atoms with Crippen LogP contribution in [0.15, 0.2) is 36.4 Å². The van der Waals surface area contributed by atoms with E-state index >= 15 is 0 Å². The maximum absolute atomic E-state index is 5.64. The van der Waals surface area contributed by atoms with Crippen LogP contribution in [0.5, 0.6) is 0 Å². The summed E-state index contributed by atoms with van der Waals surface area (Å²) in [5.74, 6) is 0.665. The van der Waals surface area contributed by atoms with Gasteiger partial charge in [0.15, 0.2) is 0 Å². The van der Waals surface area contributed by atoms with Gasteiger partial charge in [0.2, 0.25) is 0 Å². The first kappa shape index (κ1) is 7.74. The molecule has 12 heavy (non-hydrogen) atoms. The first-order valence-corrected chi connectivity index (χ1v) is 4.58. The number of hydrogen-bond donors (Lipinski definition) is 0. The van der Waals surface area contributed by atoms with Crippen LogP contribution in [0.25, 0.3) is 0 Å². The van der Waals surface area contributed by atoms with Crippen molar-refractivity contribution < 1.29 is 0 Å². The molecule has 0 unspecified atom stereocenters. The highest BCUT2D eigenvalue weighted by Crippen LogP contribution is 2.18. The molecule has 0 spiro atoms. The Morgan fingerprint density at radius 3 is 3.17 bits per heavy atom. The van der Waals surface area contributed by atoms with Crippen LogP contribution in [0.3, 0.4) is 0 Å². The van der Waals surface area contributed by atoms with Gasteiger partial charge in [-0.15, -0.1) is 11.6 Å². The number of hydrogen-bond acceptors (Lipinski definition) is 2. The van der Waals surface area contributed by atoms with Crippen molar-refractivity contribution in [3.8, 4) is 0 Å². The van der Waals surface area contributed by atoms with E-state index < -0.39 is 0 Å². The lowest BCUT2D eigenvalue weighted by Crippen LogP contribution is -2.23. The molecule has 0 saturated carbocycles. The van der Waals surface area contributed by atoms with Crippen molar-refractivity contribution in [1.29, 1.82) is 0 Å². The van der Waals surface area contributed by atoms with Crippen LogP contribution in [-0.2, 0) is 0 Å². The van der Waals surface area contributed by atoms with Crippen molar-refractivity contribution in [1.82, 2.24) is 9.80 Å². The summed E-state index contributed by atoms with van der Waals surface area (Å²) in [6.45, 7) is 1.88. The second kappa shape index (κ2) is 3.23. The fraction of sp³-hybridized carbons (Fsp3) is 0.333. The van der Waals surface area contributed by atoms with E-state index in [1.165, 1.54) is 5.70 Å². The van der Waals surface area contributed by atoms with Gasteiger partial charge in [0.05, 0.1) is 5.70 Å². The van der Waals surface area contributed by atoms with E-state index in [4.69, 9.17) is 11.6 Å². The second-order valence-corrected chi connectivity index (χ2v) is 3.21. The lowest BCUT2D eigenvalue weighted by molar-refractivity contribution is 0.448. The van der Waals surface area contributed by atoms with Gasteiger partial charge in [0.25, 0.3) is 0 Å². The molecule has 0 bridgehead atoms. The maximum atomic E-state index is 5.64. The van der Waals surface area contributed by atoms with Crippen LogP contribution in [0.1, 0.15) is 0 Å². The summed E-state index contributed by atoms with van der Waals surface area (Å²) in [6, 6.07) is 0. The van der Waals surface area contributed by atoms with Crippen LogP contribution >= 0.6 is 11.6 Å². The fourth-order valence-corrected chi connectivity index (χ4v) is 1.56. The molecule has 0 aromatic carbocycles. The van der Waals surface area contributed by atoms with E-state index in [1.807, 2.05) is 0 Å². The van der Waals surface area contributed by atoms with E-state index in [2.05, 4.69) is 40.6 Å². The largest absolute Gasteiger partial charge is 0.350 e. The third-order valence-corrected chi connectivity index (χ3v) is 2.17. The van der Waals surface area contributed by atoms with E-state index in [0.29, 0.717) is 5.88 Å². The molecule has 0 saturated heterocycles. The van der Waals surface area contributed by atoms with Crippen molar-refractivity contribution in [2.45, 2.75) is 0 Å². The molecule has 2 nitrogen and oxygen atoms in total. The van der Waals surface area contributed by atoms with Crippen molar-refractivity contribution in [2.75, 3.05) is 19.0 Å². The Labute approximate surface area is 77.4 Å². The Kier molecular flexibility index (Phi) is 2.09. The predicted octanol–water partition coefficient (Wildman–Crippen LogP) is 1.73. The number of rotatable bonds is 2. The molecule has 3 heteroatoms. The lowest BCUT2D eigenvalue weighted by atomic mass is 10.4. The van der Waals surface area contributed by atoms with E-state index in [0.717, 1.165) is 13.1 Å². The second-order valence-electron chi connectivity index (χ2n) is 2.83. The van der Waals surface area contributed by atoms with Crippen molar-refractivity contribution >= 4 is 11.6 Å². The summed E-state index contributed by atoms with van der Waals surface area (Å²) < 4.78 is 0. The van der Waals surface area contributed by atoms with E-state index in [9.17, 15) is 0 Å². The fourth-order valence-electron chi connectivity index (χ4n) is 1.37. The topological polar surface area (TPSA) is 6.48 Å². The van der Waals surface area contributed by atoms with Gasteiger partial charge in [-0.05, 0) is 6.08 Å². The average Bonchev–Trinajstić information content (AvgIpc) is 2.51. The number of fused-ring (bicyclic) bond motifs is 1. The first-order valence-electron chi connectivity index (χ1n) is 4.05. The Bertz CT molecular complexity index is 255. The van der Waals surface area contributed by atoms with Crippen molar-refractivity contribution in [3.63, 3.8) is 0 Å². The molecule has 0 fully saturated rings. The summed E-state index contributed by atoms with van der Waals surface area (Å²) in [5.41, 5.74) is 1.25. The molecule has 0 amide bonds. The molecule has 2 aliphatic heterocycles. The van der Waals surface area contributed by atoms with Crippen molar-refractivity contribution in [2.24, 2.45) is 0 Å². The monoisotopic (exact) mass is 182 g/mol. The molecule has 0 aromatic rings. The zero-order valence-electron chi connectivity index (χ0n) is 6.78. The minimum absolute atomic E-state index is 0.665. The molecular formula is C9H11ClN2. The number of halogens is 1. The van der Waals surface area contributed by atoms with Crippen LogP contribution in [0.2, 0.25) is 0 Å². The zero-order chi connectivity index (χ0) is 8.39. The average molecular weight is 183 g/mol. The van der Waals surface area contributed by atoms with Crippen LogP contribution in [0.4, 0.5) is 0 Å². The molecule has 0 atom stereocenters. The highest BCUT2D eigenvalue weighted by atomic mass is 35.5. The smallest absolute Gasteiger partial charge is 0.0572 e. The summed E-state index contributed by atoms with van der Waals surface area (Å²) in [5, 5.41) is 0. The van der Waals surface area contributed by atoms with Gasteiger partial charge in [-0.2, -0.15) is 0 Å². The third kappa shape index (κ3) is 1.34. The summed E-state index contributed by atoms with van der Waals surface area (Å²) in [7, 11) is 0. The SMILES string of the molecule is ClCCN1C=CN2CC=CC2=C1. The first-order chi connectivity index (χ1) is 5.90. The Morgan fingerprint density at radius 1 is 1.42 bits per heavy atom. The highest BCUT2D eigenvalue weighted by Gasteiger charge is 2.13. The molecule has 0 aromatic heterocycles. The summed E-state index contributed by atoms with van der Waals surface area (Å²) in [4.78, 5) is 4.30. The van der Waals surface area contributed by atoms with Gasteiger partial charge in [0.1, 0.15) is 0 Å². The number of alkyl halides is 1. The number of allylic oxidation sites excluding steroid dienone is 1. The van der Waals surface area contributed by atoms with Gasteiger partial charge in [-0.1, -0.05) is 6.08 Å². The van der Waals surface area contributed by atoms with Crippen LogP contribution < -0.4 is 0 Å². The molecular weight excluding hydrogens is 172 g/mol. The standard InChI is InChI=1S/C9H11ClN2/c10-3-5-11-6-7-12-4-1-2-9(12)8-11/h1-2,6-8H,3-5H2. The van der Waals surface area contributed by atoms with Crippen LogP contribution in [-0.4, -0.2) is 28.8 Å². The molecule has 0 N–H and O–H groups in total. The summed E-state index contributed by atoms with van der Waals surface area (Å²) >= 11 is 5.64. The minimum Gasteiger partial charge on any atom is -0.350 e. The Morgan fingerprint density at radius 2 is 2.33 bits per heavy atom. The molecule has 0 radical (unpaired) electrons. The summed E-state index contributed by atoms with van der Waals surface area (Å²) in [6.07, 6.45) is 10.5. The van der Waals surface area contributed by atoms with Gasteiger partial charge >= 0.3 is 0 Å². The van der Waals surface area contributed by atoms with Gasteiger partial charge in [-0.3, -0.25) is 0 Å². The predicted molar refractivity (Wildman–Crippen MR) is 50.5 cm³/mol. The molecule has 2 heterocycles. The zero-order valence-corrected chi connectivity index (χ0v) is 7.54. The molecule has 2 aliphatic rings. The van der Waals surface area contributed by atoms with Gasteiger partial charge in [0, 0.05) is 37.6 Å². The lowest BCUT2D eigenvalue weighted by Gasteiger charge is -2.25. The van der Waals surface area contributed by atoms with Crippen LogP contribution in [0, 0.1) is 0 Å². The minimum atomic E-state index is 0.665. The number of nitrogens with zero attached hydrogens (tertiary/aromatic N) is 2. The normalized spacial score (nSPS) is 19.9. The van der Waals surface area contributed by atoms with E-state index in [1.54, 1.807) is 0 Å².